The zero-order valence-corrected chi connectivity index (χ0v) is 12.7. The molecule has 2 aromatic rings. The summed E-state index contributed by atoms with van der Waals surface area (Å²) in [5.41, 5.74) is 1.61. The van der Waals surface area contributed by atoms with Crippen LogP contribution in [0.4, 0.5) is 4.39 Å². The van der Waals surface area contributed by atoms with Crippen LogP contribution in [0.1, 0.15) is 43.9 Å². The highest BCUT2D eigenvalue weighted by Gasteiger charge is 2.25. The van der Waals surface area contributed by atoms with Gasteiger partial charge >= 0.3 is 0 Å². The molecule has 0 spiro atoms. The van der Waals surface area contributed by atoms with Crippen LogP contribution in [0.15, 0.2) is 21.0 Å². The Kier molecular flexibility index (Phi) is 3.39. The number of hydrogen-bond acceptors (Lipinski definition) is 2. The summed E-state index contributed by atoms with van der Waals surface area (Å²) in [7, 11) is 0. The van der Waals surface area contributed by atoms with Crippen molar-refractivity contribution in [1.82, 2.24) is 5.32 Å². The first-order valence-electron chi connectivity index (χ1n) is 6.70. The first-order valence-corrected chi connectivity index (χ1v) is 7.50. The predicted octanol–water partition coefficient (Wildman–Crippen LogP) is 4.71. The van der Waals surface area contributed by atoms with Crippen molar-refractivity contribution in [3.8, 4) is 0 Å². The van der Waals surface area contributed by atoms with E-state index >= 15 is 0 Å². The Hall–Kier alpha value is -0.870. The molecular formula is C15H17BrFNO. The van der Waals surface area contributed by atoms with E-state index < -0.39 is 0 Å². The molecule has 0 atom stereocenters. The largest absolute Gasteiger partial charge is 0.458 e. The minimum absolute atomic E-state index is 0.205. The first kappa shape index (κ1) is 13.1. The minimum Gasteiger partial charge on any atom is -0.458 e. The third kappa shape index (κ3) is 2.43. The summed E-state index contributed by atoms with van der Waals surface area (Å²) in [6, 6.07) is 3.80. The number of rotatable bonds is 4. The molecule has 0 radical (unpaired) electrons. The van der Waals surface area contributed by atoms with Gasteiger partial charge in [0.15, 0.2) is 5.58 Å². The number of hydrogen-bond donors (Lipinski definition) is 1. The second-order valence-corrected chi connectivity index (χ2v) is 6.34. The maximum absolute atomic E-state index is 14.1. The molecule has 1 N–H and O–H groups in total. The number of furan rings is 1. The van der Waals surface area contributed by atoms with Crippen molar-refractivity contribution < 1.29 is 8.81 Å². The van der Waals surface area contributed by atoms with Gasteiger partial charge in [0, 0.05) is 11.6 Å². The molecular weight excluding hydrogens is 309 g/mol. The topological polar surface area (TPSA) is 25.2 Å². The van der Waals surface area contributed by atoms with Gasteiger partial charge in [-0.25, -0.2) is 4.39 Å². The Morgan fingerprint density at radius 2 is 2.16 bits per heavy atom. The summed E-state index contributed by atoms with van der Waals surface area (Å²) < 4.78 is 20.8. The fraction of sp³-hybridized carbons (Fsp3) is 0.467. The Morgan fingerprint density at radius 3 is 2.79 bits per heavy atom. The quantitative estimate of drug-likeness (QED) is 0.880. The van der Waals surface area contributed by atoms with Crippen LogP contribution < -0.4 is 5.32 Å². The Bertz CT molecular complexity index is 616. The third-order valence-electron chi connectivity index (χ3n) is 3.56. The average Bonchev–Trinajstić information content (AvgIpc) is 3.10. The SMILES string of the molecule is CC(C)c1c(CNC2CC2)oc2c(Br)ccc(F)c12. The van der Waals surface area contributed by atoms with E-state index in [-0.39, 0.29) is 11.7 Å². The van der Waals surface area contributed by atoms with E-state index in [1.165, 1.54) is 18.9 Å². The van der Waals surface area contributed by atoms with E-state index in [1.807, 2.05) is 0 Å². The molecule has 1 aliphatic rings. The number of fused-ring (bicyclic) bond motifs is 1. The fourth-order valence-corrected chi connectivity index (χ4v) is 2.88. The molecule has 1 fully saturated rings. The van der Waals surface area contributed by atoms with Crippen LogP contribution in [-0.2, 0) is 6.54 Å². The van der Waals surface area contributed by atoms with Crippen LogP contribution in [-0.4, -0.2) is 6.04 Å². The average molecular weight is 326 g/mol. The molecule has 1 aliphatic carbocycles. The molecule has 1 saturated carbocycles. The van der Waals surface area contributed by atoms with Crippen molar-refractivity contribution in [2.75, 3.05) is 0 Å². The predicted molar refractivity (Wildman–Crippen MR) is 77.8 cm³/mol. The summed E-state index contributed by atoms with van der Waals surface area (Å²) in [6.07, 6.45) is 2.46. The van der Waals surface area contributed by atoms with Gasteiger partial charge in [0.1, 0.15) is 11.6 Å². The molecule has 19 heavy (non-hydrogen) atoms. The van der Waals surface area contributed by atoms with Gasteiger partial charge in [-0.3, -0.25) is 0 Å². The van der Waals surface area contributed by atoms with Crippen molar-refractivity contribution in [2.24, 2.45) is 0 Å². The van der Waals surface area contributed by atoms with E-state index in [4.69, 9.17) is 4.42 Å². The Balaban J connectivity index is 2.11. The van der Waals surface area contributed by atoms with E-state index in [0.717, 1.165) is 15.8 Å². The Labute approximate surface area is 120 Å². The van der Waals surface area contributed by atoms with E-state index in [0.29, 0.717) is 23.6 Å². The van der Waals surface area contributed by atoms with E-state index in [9.17, 15) is 4.39 Å². The third-order valence-corrected chi connectivity index (χ3v) is 4.18. The lowest BCUT2D eigenvalue weighted by atomic mass is 9.99. The van der Waals surface area contributed by atoms with Gasteiger partial charge in [-0.05, 0) is 46.8 Å². The zero-order valence-electron chi connectivity index (χ0n) is 11.1. The van der Waals surface area contributed by atoms with Gasteiger partial charge in [-0.15, -0.1) is 0 Å². The smallest absolute Gasteiger partial charge is 0.151 e. The molecule has 0 amide bonds. The standard InChI is InChI=1S/C15H17BrFNO/c1-8(2)13-12(7-18-9-3-4-9)19-15-10(16)5-6-11(17)14(13)15/h5-6,8-9,18H,3-4,7H2,1-2H3. The van der Waals surface area contributed by atoms with E-state index in [1.54, 1.807) is 6.07 Å². The Morgan fingerprint density at radius 1 is 1.42 bits per heavy atom. The van der Waals surface area contributed by atoms with Crippen molar-refractivity contribution in [2.45, 2.75) is 45.2 Å². The normalized spacial score (nSPS) is 15.6. The molecule has 0 unspecified atom stereocenters. The van der Waals surface area contributed by atoms with Gasteiger partial charge in [0.05, 0.1) is 16.4 Å². The molecule has 1 aromatic carbocycles. The maximum atomic E-state index is 14.1. The second kappa shape index (κ2) is 4.91. The molecule has 0 saturated heterocycles. The summed E-state index contributed by atoms with van der Waals surface area (Å²) in [4.78, 5) is 0. The van der Waals surface area contributed by atoms with Gasteiger partial charge in [-0.1, -0.05) is 13.8 Å². The molecule has 102 valence electrons. The van der Waals surface area contributed by atoms with Crippen molar-refractivity contribution >= 4 is 26.9 Å². The van der Waals surface area contributed by atoms with Crippen LogP contribution >= 0.6 is 15.9 Å². The van der Waals surface area contributed by atoms with Gasteiger partial charge in [0.2, 0.25) is 0 Å². The van der Waals surface area contributed by atoms with Gasteiger partial charge in [-0.2, -0.15) is 0 Å². The number of halogens is 2. The summed E-state index contributed by atoms with van der Waals surface area (Å²) in [5, 5.41) is 4.06. The van der Waals surface area contributed by atoms with Crippen LogP contribution in [0.5, 0.6) is 0 Å². The number of benzene rings is 1. The van der Waals surface area contributed by atoms with Crippen LogP contribution in [0.2, 0.25) is 0 Å². The van der Waals surface area contributed by atoms with Gasteiger partial charge in [0.25, 0.3) is 0 Å². The molecule has 0 bridgehead atoms. The fourth-order valence-electron chi connectivity index (χ4n) is 2.47. The summed E-state index contributed by atoms with van der Waals surface area (Å²) in [5.74, 6) is 0.895. The zero-order chi connectivity index (χ0) is 13.6. The lowest BCUT2D eigenvalue weighted by Crippen LogP contribution is -2.16. The molecule has 1 heterocycles. The molecule has 1 aromatic heterocycles. The van der Waals surface area contributed by atoms with Crippen molar-refractivity contribution in [1.29, 1.82) is 0 Å². The lowest BCUT2D eigenvalue weighted by Gasteiger charge is -2.07. The van der Waals surface area contributed by atoms with Crippen molar-refractivity contribution in [3.63, 3.8) is 0 Å². The highest BCUT2D eigenvalue weighted by atomic mass is 79.9. The maximum Gasteiger partial charge on any atom is 0.151 e. The summed E-state index contributed by atoms with van der Waals surface area (Å²) in [6.45, 7) is 4.83. The lowest BCUT2D eigenvalue weighted by molar-refractivity contribution is 0.502. The van der Waals surface area contributed by atoms with Gasteiger partial charge < -0.3 is 9.73 Å². The van der Waals surface area contributed by atoms with Crippen LogP contribution in [0.3, 0.4) is 0 Å². The second-order valence-electron chi connectivity index (χ2n) is 5.48. The molecule has 4 heteroatoms. The minimum atomic E-state index is -0.205. The van der Waals surface area contributed by atoms with E-state index in [2.05, 4.69) is 35.1 Å². The van der Waals surface area contributed by atoms with Crippen molar-refractivity contribution in [3.05, 3.63) is 33.7 Å². The highest BCUT2D eigenvalue weighted by Crippen LogP contribution is 2.37. The molecule has 3 rings (SSSR count). The molecule has 2 nitrogen and oxygen atoms in total. The summed E-state index contributed by atoms with van der Waals surface area (Å²) >= 11 is 3.44. The van der Waals surface area contributed by atoms with Crippen LogP contribution in [0, 0.1) is 5.82 Å². The first-order chi connectivity index (χ1) is 9.08. The van der Waals surface area contributed by atoms with Crippen LogP contribution in [0.25, 0.3) is 11.0 Å². The highest BCUT2D eigenvalue weighted by molar-refractivity contribution is 9.10. The number of nitrogens with one attached hydrogen (secondary N) is 1. The monoisotopic (exact) mass is 325 g/mol. The molecule has 0 aliphatic heterocycles.